The number of benzene rings is 1. The summed E-state index contributed by atoms with van der Waals surface area (Å²) in [6, 6.07) is 6.88. The fraction of sp³-hybridized carbons (Fsp3) is 0.0769. The molecule has 0 radical (unpaired) electrons. The van der Waals surface area contributed by atoms with E-state index in [0.717, 1.165) is 0 Å². The molecule has 0 aromatic heterocycles. The van der Waals surface area contributed by atoms with Crippen molar-refractivity contribution in [2.45, 2.75) is 0 Å². The maximum Gasteiger partial charge on any atom is 0.194 e. The van der Waals surface area contributed by atoms with Crippen LogP contribution in [0.15, 0.2) is 47.7 Å². The molecule has 1 aliphatic carbocycles. The smallest absolute Gasteiger partial charge is 0.194 e. The molecule has 1 aromatic rings. The fourth-order valence-electron chi connectivity index (χ4n) is 2.01. The van der Waals surface area contributed by atoms with Crippen LogP contribution in [0.1, 0.15) is 20.7 Å². The lowest BCUT2D eigenvalue weighted by Gasteiger charge is -2.21. The standard InChI is InChI=1S/C13H8O3/c14-12-8-3-1-2-4-9(8)13(15)11-7-16-6-5-10(11)12/h1-6H,7H2. The zero-order chi connectivity index (χ0) is 11.1. The topological polar surface area (TPSA) is 43.4 Å². The van der Waals surface area contributed by atoms with Crippen LogP contribution in [0.2, 0.25) is 0 Å². The molecule has 3 rings (SSSR count). The average molecular weight is 212 g/mol. The lowest BCUT2D eigenvalue weighted by Crippen LogP contribution is -2.25. The molecule has 16 heavy (non-hydrogen) atoms. The molecule has 0 N–H and O–H groups in total. The van der Waals surface area contributed by atoms with Gasteiger partial charge in [-0.3, -0.25) is 9.59 Å². The van der Waals surface area contributed by atoms with E-state index >= 15 is 0 Å². The molecule has 1 aliphatic heterocycles. The lowest BCUT2D eigenvalue weighted by molar-refractivity contribution is 0.0958. The largest absolute Gasteiger partial charge is 0.496 e. The highest BCUT2D eigenvalue weighted by Crippen LogP contribution is 2.28. The Morgan fingerprint density at radius 3 is 2.44 bits per heavy atom. The van der Waals surface area contributed by atoms with Gasteiger partial charge in [0.1, 0.15) is 6.61 Å². The van der Waals surface area contributed by atoms with Crippen LogP contribution in [0.4, 0.5) is 0 Å². The summed E-state index contributed by atoms with van der Waals surface area (Å²) in [7, 11) is 0. The van der Waals surface area contributed by atoms with Gasteiger partial charge in [0.25, 0.3) is 0 Å². The van der Waals surface area contributed by atoms with Crippen molar-refractivity contribution in [3.05, 3.63) is 58.9 Å². The molecule has 0 unspecified atom stereocenters. The van der Waals surface area contributed by atoms with Crippen molar-refractivity contribution in [1.29, 1.82) is 0 Å². The number of fused-ring (bicyclic) bond motifs is 1. The molecule has 0 spiro atoms. The van der Waals surface area contributed by atoms with Gasteiger partial charge in [0.2, 0.25) is 0 Å². The second-order valence-electron chi connectivity index (χ2n) is 3.71. The maximum absolute atomic E-state index is 12.1. The van der Waals surface area contributed by atoms with Crippen molar-refractivity contribution in [3.63, 3.8) is 0 Å². The molecule has 0 saturated carbocycles. The van der Waals surface area contributed by atoms with E-state index < -0.39 is 0 Å². The van der Waals surface area contributed by atoms with Crippen molar-refractivity contribution in [2.75, 3.05) is 6.61 Å². The second-order valence-corrected chi connectivity index (χ2v) is 3.71. The fourth-order valence-corrected chi connectivity index (χ4v) is 2.01. The van der Waals surface area contributed by atoms with Gasteiger partial charge in [0.05, 0.1) is 6.26 Å². The Bertz CT molecular complexity index is 564. The zero-order valence-electron chi connectivity index (χ0n) is 8.40. The number of carbonyl (C=O) groups excluding carboxylic acids is 2. The molecule has 2 aliphatic rings. The number of rotatable bonds is 0. The SMILES string of the molecule is O=C1C2=C(COC=C2)C(=O)c2ccccc21. The number of allylic oxidation sites excluding steroid dienone is 2. The van der Waals surface area contributed by atoms with Crippen LogP contribution in [0.3, 0.4) is 0 Å². The summed E-state index contributed by atoms with van der Waals surface area (Å²) in [6.45, 7) is 0.185. The van der Waals surface area contributed by atoms with Gasteiger partial charge >= 0.3 is 0 Å². The van der Waals surface area contributed by atoms with Gasteiger partial charge in [-0.2, -0.15) is 0 Å². The van der Waals surface area contributed by atoms with E-state index in [2.05, 4.69) is 0 Å². The highest BCUT2D eigenvalue weighted by Gasteiger charge is 2.31. The summed E-state index contributed by atoms with van der Waals surface area (Å²) in [5.74, 6) is -0.195. The number of Topliss-reactive ketones (excluding diaryl/α,β-unsaturated/α-hetero) is 2. The summed E-state index contributed by atoms with van der Waals surface area (Å²) in [6.07, 6.45) is 3.02. The van der Waals surface area contributed by atoms with Crippen LogP contribution < -0.4 is 0 Å². The minimum atomic E-state index is -0.102. The van der Waals surface area contributed by atoms with E-state index in [-0.39, 0.29) is 18.2 Å². The first-order chi connectivity index (χ1) is 7.79. The van der Waals surface area contributed by atoms with Gasteiger partial charge in [-0.05, 0) is 6.08 Å². The van der Waals surface area contributed by atoms with E-state index in [4.69, 9.17) is 4.74 Å². The summed E-state index contributed by atoms with van der Waals surface area (Å²) in [5.41, 5.74) is 1.89. The first kappa shape index (κ1) is 9.09. The van der Waals surface area contributed by atoms with Crippen LogP contribution in [-0.4, -0.2) is 18.2 Å². The first-order valence-electron chi connectivity index (χ1n) is 4.99. The van der Waals surface area contributed by atoms with Crippen molar-refractivity contribution in [1.82, 2.24) is 0 Å². The van der Waals surface area contributed by atoms with Gasteiger partial charge in [0.15, 0.2) is 11.6 Å². The number of ether oxygens (including phenoxy) is 1. The molecule has 0 atom stereocenters. The Balaban J connectivity index is 2.26. The molecular weight excluding hydrogens is 204 g/mol. The maximum atomic E-state index is 12.1. The Morgan fingerprint density at radius 2 is 1.69 bits per heavy atom. The predicted molar refractivity (Wildman–Crippen MR) is 57.2 cm³/mol. The molecule has 0 fully saturated rings. The van der Waals surface area contributed by atoms with E-state index in [1.165, 1.54) is 6.26 Å². The molecule has 0 amide bonds. The molecule has 1 heterocycles. The van der Waals surface area contributed by atoms with Gasteiger partial charge in [-0.15, -0.1) is 0 Å². The molecule has 3 nitrogen and oxygen atoms in total. The van der Waals surface area contributed by atoms with Crippen molar-refractivity contribution in [2.24, 2.45) is 0 Å². The minimum Gasteiger partial charge on any atom is -0.496 e. The first-order valence-corrected chi connectivity index (χ1v) is 4.99. The Kier molecular flexibility index (Phi) is 1.80. The number of carbonyl (C=O) groups is 2. The Labute approximate surface area is 92.0 Å². The van der Waals surface area contributed by atoms with Gasteiger partial charge in [-0.1, -0.05) is 24.3 Å². The molecule has 0 saturated heterocycles. The molecule has 3 heteroatoms. The summed E-state index contributed by atoms with van der Waals surface area (Å²) in [5, 5.41) is 0. The second kappa shape index (κ2) is 3.17. The minimum absolute atomic E-state index is 0.0928. The van der Waals surface area contributed by atoms with Crippen molar-refractivity contribution in [3.8, 4) is 0 Å². The van der Waals surface area contributed by atoms with E-state index in [9.17, 15) is 9.59 Å². The number of hydrogen-bond acceptors (Lipinski definition) is 3. The van der Waals surface area contributed by atoms with E-state index in [1.54, 1.807) is 30.3 Å². The monoisotopic (exact) mass is 212 g/mol. The van der Waals surface area contributed by atoms with Gasteiger partial charge in [-0.25, -0.2) is 0 Å². The normalized spacial score (nSPS) is 18.0. The molecule has 78 valence electrons. The van der Waals surface area contributed by atoms with Crippen LogP contribution in [0, 0.1) is 0 Å². The lowest BCUT2D eigenvalue weighted by atomic mass is 9.84. The van der Waals surface area contributed by atoms with Crippen LogP contribution >= 0.6 is 0 Å². The molecule has 0 bridgehead atoms. The quantitative estimate of drug-likeness (QED) is 0.659. The van der Waals surface area contributed by atoms with Crippen LogP contribution in [-0.2, 0) is 4.74 Å². The third-order valence-corrected chi connectivity index (χ3v) is 2.82. The Hall–Kier alpha value is -2.16. The molecular formula is C13H8O3. The number of hydrogen-bond donors (Lipinski definition) is 0. The van der Waals surface area contributed by atoms with Crippen LogP contribution in [0.25, 0.3) is 0 Å². The number of ketones is 2. The third kappa shape index (κ3) is 1.08. The third-order valence-electron chi connectivity index (χ3n) is 2.82. The Morgan fingerprint density at radius 1 is 1.00 bits per heavy atom. The van der Waals surface area contributed by atoms with Crippen LogP contribution in [0.5, 0.6) is 0 Å². The summed E-state index contributed by atoms with van der Waals surface area (Å²) in [4.78, 5) is 24.2. The zero-order valence-corrected chi connectivity index (χ0v) is 8.40. The average Bonchev–Trinajstić information content (AvgIpc) is 2.36. The highest BCUT2D eigenvalue weighted by atomic mass is 16.5. The van der Waals surface area contributed by atoms with Crippen molar-refractivity contribution >= 4 is 11.6 Å². The van der Waals surface area contributed by atoms with E-state index in [0.29, 0.717) is 22.3 Å². The van der Waals surface area contributed by atoms with Gasteiger partial charge in [0, 0.05) is 22.3 Å². The summed E-state index contributed by atoms with van der Waals surface area (Å²) >= 11 is 0. The van der Waals surface area contributed by atoms with Crippen molar-refractivity contribution < 1.29 is 14.3 Å². The highest BCUT2D eigenvalue weighted by molar-refractivity contribution is 6.28. The summed E-state index contributed by atoms with van der Waals surface area (Å²) < 4.78 is 5.06. The molecule has 1 aromatic carbocycles. The van der Waals surface area contributed by atoms with E-state index in [1.807, 2.05) is 0 Å². The van der Waals surface area contributed by atoms with Gasteiger partial charge < -0.3 is 4.74 Å². The predicted octanol–water partition coefficient (Wildman–Crippen LogP) is 1.91.